The topological polar surface area (TPSA) is 15.3 Å². The van der Waals surface area contributed by atoms with E-state index in [0.29, 0.717) is 11.5 Å². The SMILES string of the molecule is CCCc1ccc(C(CN(C)CC(C)(C)C)NCC)cc1. The molecule has 1 aromatic carbocycles. The molecule has 0 saturated heterocycles. The normalized spacial score (nSPS) is 13.7. The van der Waals surface area contributed by atoms with Crippen molar-refractivity contribution in [2.45, 2.75) is 53.5 Å². The molecule has 0 bridgehead atoms. The first kappa shape index (κ1) is 18.2. The highest BCUT2D eigenvalue weighted by Gasteiger charge is 2.18. The van der Waals surface area contributed by atoms with Crippen molar-refractivity contribution in [2.24, 2.45) is 5.41 Å². The largest absolute Gasteiger partial charge is 0.309 e. The Labute approximate surface area is 131 Å². The second-order valence-electron chi connectivity index (χ2n) is 7.36. The van der Waals surface area contributed by atoms with Crippen molar-refractivity contribution in [3.63, 3.8) is 0 Å². The van der Waals surface area contributed by atoms with Gasteiger partial charge < -0.3 is 10.2 Å². The summed E-state index contributed by atoms with van der Waals surface area (Å²) in [6.07, 6.45) is 2.39. The maximum Gasteiger partial charge on any atom is 0.0449 e. The van der Waals surface area contributed by atoms with E-state index in [9.17, 15) is 0 Å². The lowest BCUT2D eigenvalue weighted by molar-refractivity contribution is 0.208. The molecule has 0 saturated carbocycles. The van der Waals surface area contributed by atoms with Gasteiger partial charge in [0.15, 0.2) is 0 Å². The Morgan fingerprint density at radius 3 is 2.19 bits per heavy atom. The van der Waals surface area contributed by atoms with Crippen LogP contribution in [-0.4, -0.2) is 31.6 Å². The van der Waals surface area contributed by atoms with E-state index in [-0.39, 0.29) is 0 Å². The average molecular weight is 290 g/mol. The number of aryl methyl sites for hydroxylation is 1. The summed E-state index contributed by atoms with van der Waals surface area (Å²) in [6.45, 7) is 14.5. The minimum Gasteiger partial charge on any atom is -0.309 e. The van der Waals surface area contributed by atoms with Gasteiger partial charge in [0.2, 0.25) is 0 Å². The molecule has 1 rings (SSSR count). The Morgan fingerprint density at radius 2 is 1.71 bits per heavy atom. The summed E-state index contributed by atoms with van der Waals surface area (Å²) < 4.78 is 0. The van der Waals surface area contributed by atoms with E-state index in [0.717, 1.165) is 19.6 Å². The van der Waals surface area contributed by atoms with E-state index in [1.165, 1.54) is 24.0 Å². The van der Waals surface area contributed by atoms with Gasteiger partial charge in [0.1, 0.15) is 0 Å². The highest BCUT2D eigenvalue weighted by molar-refractivity contribution is 5.25. The summed E-state index contributed by atoms with van der Waals surface area (Å²) in [7, 11) is 2.22. The molecule has 21 heavy (non-hydrogen) atoms. The Kier molecular flexibility index (Phi) is 7.41. The fourth-order valence-electron chi connectivity index (χ4n) is 2.93. The lowest BCUT2D eigenvalue weighted by atomic mass is 9.95. The minimum atomic E-state index is 0.344. The lowest BCUT2D eigenvalue weighted by Crippen LogP contribution is -2.37. The third-order valence-electron chi connectivity index (χ3n) is 3.61. The zero-order valence-corrected chi connectivity index (χ0v) is 14.9. The zero-order chi connectivity index (χ0) is 15.9. The zero-order valence-electron chi connectivity index (χ0n) is 14.9. The molecule has 1 atom stereocenters. The third kappa shape index (κ3) is 7.10. The molecule has 0 aromatic heterocycles. The van der Waals surface area contributed by atoms with Gasteiger partial charge in [0, 0.05) is 19.1 Å². The van der Waals surface area contributed by atoms with Crippen molar-refractivity contribution < 1.29 is 0 Å². The number of benzene rings is 1. The Balaban J connectivity index is 2.71. The average Bonchev–Trinajstić information content (AvgIpc) is 2.37. The van der Waals surface area contributed by atoms with Crippen molar-refractivity contribution in [1.82, 2.24) is 10.2 Å². The maximum absolute atomic E-state index is 3.63. The van der Waals surface area contributed by atoms with E-state index in [2.05, 4.69) is 76.1 Å². The molecule has 0 fully saturated rings. The molecule has 0 amide bonds. The van der Waals surface area contributed by atoms with Crippen LogP contribution in [0.25, 0.3) is 0 Å². The highest BCUT2D eigenvalue weighted by Crippen LogP contribution is 2.19. The van der Waals surface area contributed by atoms with E-state index in [4.69, 9.17) is 0 Å². The number of hydrogen-bond acceptors (Lipinski definition) is 2. The Morgan fingerprint density at radius 1 is 1.10 bits per heavy atom. The third-order valence-corrected chi connectivity index (χ3v) is 3.61. The summed E-state index contributed by atoms with van der Waals surface area (Å²) in [6, 6.07) is 9.57. The fourth-order valence-corrected chi connectivity index (χ4v) is 2.93. The molecule has 1 N–H and O–H groups in total. The first-order valence-corrected chi connectivity index (χ1v) is 8.36. The van der Waals surface area contributed by atoms with Crippen molar-refractivity contribution in [2.75, 3.05) is 26.7 Å². The molecule has 2 heteroatoms. The monoisotopic (exact) mass is 290 g/mol. The number of nitrogens with zero attached hydrogens (tertiary/aromatic N) is 1. The van der Waals surface area contributed by atoms with E-state index in [1.54, 1.807) is 0 Å². The summed E-state index contributed by atoms with van der Waals surface area (Å²) in [5.74, 6) is 0. The predicted octanol–water partition coefficient (Wildman–Crippen LogP) is 4.27. The molecule has 2 nitrogen and oxygen atoms in total. The number of hydrogen-bond donors (Lipinski definition) is 1. The van der Waals surface area contributed by atoms with Crippen LogP contribution in [0.3, 0.4) is 0 Å². The van der Waals surface area contributed by atoms with Gasteiger partial charge in [-0.2, -0.15) is 0 Å². The molecule has 0 radical (unpaired) electrons. The van der Waals surface area contributed by atoms with Gasteiger partial charge in [-0.1, -0.05) is 65.3 Å². The van der Waals surface area contributed by atoms with Crippen LogP contribution in [-0.2, 0) is 6.42 Å². The molecule has 1 unspecified atom stereocenters. The summed E-state index contributed by atoms with van der Waals surface area (Å²) in [5.41, 5.74) is 3.19. The van der Waals surface area contributed by atoms with Crippen LogP contribution in [0.15, 0.2) is 24.3 Å². The van der Waals surface area contributed by atoms with E-state index >= 15 is 0 Å². The predicted molar refractivity (Wildman–Crippen MR) is 93.8 cm³/mol. The van der Waals surface area contributed by atoms with E-state index in [1.807, 2.05) is 0 Å². The summed E-state index contributed by atoms with van der Waals surface area (Å²) in [4.78, 5) is 2.44. The van der Waals surface area contributed by atoms with Gasteiger partial charge in [-0.3, -0.25) is 0 Å². The van der Waals surface area contributed by atoms with Gasteiger partial charge in [-0.05, 0) is 36.6 Å². The van der Waals surface area contributed by atoms with Gasteiger partial charge in [0.25, 0.3) is 0 Å². The molecular formula is C19H34N2. The fraction of sp³-hybridized carbons (Fsp3) is 0.684. The van der Waals surface area contributed by atoms with Crippen LogP contribution in [0.2, 0.25) is 0 Å². The number of likely N-dealkylation sites (N-methyl/N-ethyl adjacent to an activating group) is 2. The summed E-state index contributed by atoms with van der Waals surface area (Å²) in [5, 5.41) is 3.63. The molecule has 0 heterocycles. The van der Waals surface area contributed by atoms with Crippen molar-refractivity contribution in [1.29, 1.82) is 0 Å². The van der Waals surface area contributed by atoms with Crippen molar-refractivity contribution in [3.8, 4) is 0 Å². The van der Waals surface area contributed by atoms with Crippen molar-refractivity contribution >= 4 is 0 Å². The number of rotatable bonds is 8. The van der Waals surface area contributed by atoms with Gasteiger partial charge in [-0.15, -0.1) is 0 Å². The molecule has 120 valence electrons. The molecule has 0 aliphatic heterocycles. The molecule has 0 spiro atoms. The van der Waals surface area contributed by atoms with Crippen LogP contribution in [0, 0.1) is 5.41 Å². The second kappa shape index (κ2) is 8.55. The number of nitrogens with one attached hydrogen (secondary N) is 1. The Bertz CT molecular complexity index is 389. The van der Waals surface area contributed by atoms with Gasteiger partial charge >= 0.3 is 0 Å². The van der Waals surface area contributed by atoms with Gasteiger partial charge in [-0.25, -0.2) is 0 Å². The first-order chi connectivity index (χ1) is 9.85. The van der Waals surface area contributed by atoms with Crippen LogP contribution >= 0.6 is 0 Å². The summed E-state index contributed by atoms with van der Waals surface area (Å²) >= 11 is 0. The van der Waals surface area contributed by atoms with Crippen LogP contribution in [0.4, 0.5) is 0 Å². The maximum atomic E-state index is 3.63. The molecule has 1 aromatic rings. The highest BCUT2D eigenvalue weighted by atomic mass is 15.1. The van der Waals surface area contributed by atoms with Crippen LogP contribution < -0.4 is 5.32 Å². The Hall–Kier alpha value is -0.860. The van der Waals surface area contributed by atoms with Crippen LogP contribution in [0.1, 0.15) is 58.2 Å². The molecular weight excluding hydrogens is 256 g/mol. The quantitative estimate of drug-likeness (QED) is 0.769. The van der Waals surface area contributed by atoms with Crippen molar-refractivity contribution in [3.05, 3.63) is 35.4 Å². The lowest BCUT2D eigenvalue weighted by Gasteiger charge is -2.30. The van der Waals surface area contributed by atoms with E-state index < -0.39 is 0 Å². The standard InChI is InChI=1S/C19H34N2/c1-7-9-16-10-12-17(13-11-16)18(20-8-2)14-21(6)15-19(3,4)5/h10-13,18,20H,7-9,14-15H2,1-6H3. The first-order valence-electron chi connectivity index (χ1n) is 8.36. The molecule has 0 aliphatic rings. The molecule has 0 aliphatic carbocycles. The van der Waals surface area contributed by atoms with Crippen LogP contribution in [0.5, 0.6) is 0 Å². The van der Waals surface area contributed by atoms with Gasteiger partial charge in [0.05, 0.1) is 0 Å². The second-order valence-corrected chi connectivity index (χ2v) is 7.36. The minimum absolute atomic E-state index is 0.344. The smallest absolute Gasteiger partial charge is 0.0449 e.